The molecule has 0 bridgehead atoms. The molecule has 0 aliphatic carbocycles. The van der Waals surface area contributed by atoms with Crippen molar-refractivity contribution in [2.75, 3.05) is 39.6 Å². The van der Waals surface area contributed by atoms with Crippen molar-refractivity contribution < 1.29 is 80.2 Å². The molecule has 0 aliphatic heterocycles. The monoisotopic (exact) mass is 1390 g/mol. The number of phosphoric acid groups is 2. The van der Waals surface area contributed by atoms with E-state index in [9.17, 15) is 43.2 Å². The maximum Gasteiger partial charge on any atom is 0.472 e. The Kier molecular flexibility index (Phi) is 67.0. The minimum Gasteiger partial charge on any atom is -0.462 e. The summed E-state index contributed by atoms with van der Waals surface area (Å²) in [6, 6.07) is 0. The predicted octanol–water partition coefficient (Wildman–Crippen LogP) is 21.4. The first-order chi connectivity index (χ1) is 46.7. The lowest BCUT2D eigenvalue weighted by Gasteiger charge is -2.21. The average Bonchev–Trinajstić information content (AvgIpc) is 1.17. The van der Waals surface area contributed by atoms with Crippen molar-refractivity contribution in [3.8, 4) is 0 Å². The van der Waals surface area contributed by atoms with Crippen LogP contribution in [0.25, 0.3) is 0 Å². The Morgan fingerprint density at radius 2 is 0.562 bits per heavy atom. The van der Waals surface area contributed by atoms with E-state index in [1.54, 1.807) is 0 Å². The highest BCUT2D eigenvalue weighted by Crippen LogP contribution is 2.45. The van der Waals surface area contributed by atoms with Crippen LogP contribution >= 0.6 is 15.6 Å². The van der Waals surface area contributed by atoms with E-state index < -0.39 is 97.5 Å². The Balaban J connectivity index is 5.36. The molecule has 0 aliphatic rings. The van der Waals surface area contributed by atoms with E-state index in [-0.39, 0.29) is 25.7 Å². The summed E-state index contributed by atoms with van der Waals surface area (Å²) in [5, 5.41) is 10.6. The van der Waals surface area contributed by atoms with Gasteiger partial charge in [-0.1, -0.05) is 293 Å². The number of allylic oxidation sites excluding steroid dienone is 14. The molecular formula is C77H136O17P2. The van der Waals surface area contributed by atoms with Crippen LogP contribution in [0.2, 0.25) is 0 Å². The largest absolute Gasteiger partial charge is 0.472 e. The molecule has 0 aromatic heterocycles. The smallest absolute Gasteiger partial charge is 0.462 e. The molecule has 17 nitrogen and oxygen atoms in total. The summed E-state index contributed by atoms with van der Waals surface area (Å²) in [5.74, 6) is -2.26. The fraction of sp³-hybridized carbons (Fsp3) is 0.766. The third-order valence-corrected chi connectivity index (χ3v) is 17.8. The maximum absolute atomic E-state index is 13.1. The molecule has 0 fully saturated rings. The molecule has 0 saturated carbocycles. The van der Waals surface area contributed by atoms with Crippen LogP contribution in [0.1, 0.15) is 323 Å². The molecule has 5 unspecified atom stereocenters. The van der Waals surface area contributed by atoms with Gasteiger partial charge in [0.25, 0.3) is 0 Å². The molecule has 0 heterocycles. The summed E-state index contributed by atoms with van der Waals surface area (Å²) in [6.07, 6.45) is 70.2. The van der Waals surface area contributed by atoms with E-state index in [2.05, 4.69) is 94.5 Å². The van der Waals surface area contributed by atoms with Crippen LogP contribution in [0.4, 0.5) is 0 Å². The third-order valence-electron chi connectivity index (χ3n) is 15.9. The lowest BCUT2D eigenvalue weighted by Crippen LogP contribution is -2.30. The molecule has 0 aromatic rings. The number of aliphatic hydroxyl groups is 1. The summed E-state index contributed by atoms with van der Waals surface area (Å²) < 4.78 is 68.3. The molecule has 0 spiro atoms. The molecule has 556 valence electrons. The summed E-state index contributed by atoms with van der Waals surface area (Å²) in [6.45, 7) is 4.67. The zero-order valence-electron chi connectivity index (χ0n) is 60.5. The Morgan fingerprint density at radius 1 is 0.302 bits per heavy atom. The van der Waals surface area contributed by atoms with E-state index in [4.69, 9.17) is 37.0 Å². The van der Waals surface area contributed by atoms with Crippen LogP contribution in [0, 0.1) is 0 Å². The van der Waals surface area contributed by atoms with Gasteiger partial charge in [0.1, 0.15) is 19.3 Å². The quantitative estimate of drug-likeness (QED) is 0.0169. The van der Waals surface area contributed by atoms with E-state index >= 15 is 0 Å². The van der Waals surface area contributed by atoms with E-state index in [0.29, 0.717) is 32.1 Å². The van der Waals surface area contributed by atoms with Crippen LogP contribution in [0.3, 0.4) is 0 Å². The molecule has 0 rings (SSSR count). The zero-order chi connectivity index (χ0) is 70.4. The molecule has 96 heavy (non-hydrogen) atoms. The minimum absolute atomic E-state index is 0.0390. The Morgan fingerprint density at radius 3 is 0.906 bits per heavy atom. The van der Waals surface area contributed by atoms with Gasteiger partial charge in [0.05, 0.1) is 26.4 Å². The SMILES string of the molecule is CC/C=C\C/C=C\C/C=C\C/C=C\C/C=C\C/C=C\CCC(=O)OCC(COP(=O)(O)OCC(O)COP(=O)(O)OCC(COC(=O)CCCCCCC/C=C\CCCCCC)OC(=O)CCCCCCCCCCCCC)OC(=O)CCCCCCCCCCCCCCC. The van der Waals surface area contributed by atoms with Crippen LogP contribution in [-0.4, -0.2) is 96.7 Å². The second-order valence-corrected chi connectivity index (χ2v) is 28.1. The van der Waals surface area contributed by atoms with Crippen molar-refractivity contribution in [1.82, 2.24) is 0 Å². The van der Waals surface area contributed by atoms with Gasteiger partial charge in [0.2, 0.25) is 0 Å². The molecule has 3 N–H and O–H groups in total. The van der Waals surface area contributed by atoms with Crippen molar-refractivity contribution in [1.29, 1.82) is 0 Å². The summed E-state index contributed by atoms with van der Waals surface area (Å²) in [7, 11) is -9.95. The Bertz CT molecular complexity index is 2160. The lowest BCUT2D eigenvalue weighted by molar-refractivity contribution is -0.161. The van der Waals surface area contributed by atoms with Crippen molar-refractivity contribution in [3.63, 3.8) is 0 Å². The maximum atomic E-state index is 13.1. The molecule has 0 radical (unpaired) electrons. The Hall–Kier alpha value is -3.76. The van der Waals surface area contributed by atoms with Gasteiger partial charge in [0.15, 0.2) is 12.2 Å². The van der Waals surface area contributed by atoms with Crippen molar-refractivity contribution >= 4 is 39.5 Å². The predicted molar refractivity (Wildman–Crippen MR) is 390 cm³/mol. The number of aliphatic hydroxyl groups excluding tert-OH is 1. The van der Waals surface area contributed by atoms with Gasteiger partial charge in [0, 0.05) is 25.7 Å². The summed E-state index contributed by atoms with van der Waals surface area (Å²) >= 11 is 0. The number of esters is 4. The van der Waals surface area contributed by atoms with Gasteiger partial charge in [-0.05, 0) is 89.9 Å². The normalized spacial score (nSPS) is 14.4. The molecule has 0 aromatic carbocycles. The molecule has 5 atom stereocenters. The summed E-state index contributed by atoms with van der Waals surface area (Å²) in [5.41, 5.74) is 0. The molecule has 0 saturated heterocycles. The molecule has 19 heteroatoms. The van der Waals surface area contributed by atoms with Gasteiger partial charge in [-0.25, -0.2) is 9.13 Å². The topological polar surface area (TPSA) is 237 Å². The van der Waals surface area contributed by atoms with E-state index in [0.717, 1.165) is 122 Å². The fourth-order valence-electron chi connectivity index (χ4n) is 10.1. The second kappa shape index (κ2) is 69.7. The number of carbonyl (C=O) groups excluding carboxylic acids is 4. The lowest BCUT2D eigenvalue weighted by atomic mass is 10.0. The zero-order valence-corrected chi connectivity index (χ0v) is 62.3. The third kappa shape index (κ3) is 68.8. The Labute approximate surface area is 583 Å². The first-order valence-electron chi connectivity index (χ1n) is 37.8. The summed E-state index contributed by atoms with van der Waals surface area (Å²) in [4.78, 5) is 72.7. The van der Waals surface area contributed by atoms with E-state index in [1.807, 2.05) is 18.2 Å². The minimum atomic E-state index is -4.98. The van der Waals surface area contributed by atoms with Crippen LogP contribution in [-0.2, 0) is 65.4 Å². The van der Waals surface area contributed by atoms with Crippen LogP contribution in [0.5, 0.6) is 0 Å². The molecule has 0 amide bonds. The number of unbranched alkanes of at least 4 members (excludes halogenated alkanes) is 31. The van der Waals surface area contributed by atoms with Crippen LogP contribution < -0.4 is 0 Å². The number of hydrogen-bond acceptors (Lipinski definition) is 15. The van der Waals surface area contributed by atoms with Crippen molar-refractivity contribution in [2.24, 2.45) is 0 Å². The number of phosphoric ester groups is 2. The second-order valence-electron chi connectivity index (χ2n) is 25.2. The highest BCUT2D eigenvalue weighted by molar-refractivity contribution is 7.47. The van der Waals surface area contributed by atoms with Crippen molar-refractivity contribution in [3.05, 3.63) is 85.1 Å². The first kappa shape index (κ1) is 92.2. The highest BCUT2D eigenvalue weighted by Gasteiger charge is 2.30. The van der Waals surface area contributed by atoms with Gasteiger partial charge < -0.3 is 33.8 Å². The van der Waals surface area contributed by atoms with Gasteiger partial charge in [-0.2, -0.15) is 0 Å². The van der Waals surface area contributed by atoms with Gasteiger partial charge >= 0.3 is 39.5 Å². The fourth-order valence-corrected chi connectivity index (χ4v) is 11.7. The van der Waals surface area contributed by atoms with Gasteiger partial charge in [-0.15, -0.1) is 0 Å². The number of hydrogen-bond donors (Lipinski definition) is 3. The number of carbonyl (C=O) groups is 4. The molecular weight excluding hydrogens is 1260 g/mol. The van der Waals surface area contributed by atoms with Gasteiger partial charge in [-0.3, -0.25) is 37.3 Å². The van der Waals surface area contributed by atoms with Crippen molar-refractivity contribution in [2.45, 2.75) is 341 Å². The average molecular weight is 1400 g/mol. The number of ether oxygens (including phenoxy) is 4. The standard InChI is InChI=1S/C77H136O17P2/c1-5-9-13-17-21-25-29-32-33-34-35-36-37-40-43-46-50-54-58-62-75(80)88-68-73(94-77(82)64-60-56-52-48-44-39-31-27-23-19-15-11-7-3)70-92-96(85,86)90-66-71(78)65-89-95(83,84)91-69-72(93-76(81)63-59-55-51-47-41-28-24-20-16-12-8-4)67-87-74(79)61-57-53-49-45-42-38-30-26-22-18-14-10-6-2/h9,13,21,25-26,30,32-33,35-36,40,43,50,54,71-73,78H,5-8,10-12,14-20,22-24,27-29,31,34,37-39,41-42,44-49,51-53,55-70H2,1-4H3,(H,83,84)(H,85,86)/b13-9-,25-21-,30-26-,33-32-,36-35-,43-40-,54-50-. The number of rotatable bonds is 71. The van der Waals surface area contributed by atoms with E-state index in [1.165, 1.54) is 116 Å². The highest BCUT2D eigenvalue weighted by atomic mass is 31.2. The first-order valence-corrected chi connectivity index (χ1v) is 40.8. The van der Waals surface area contributed by atoms with Crippen LogP contribution in [0.15, 0.2) is 85.1 Å².